The summed E-state index contributed by atoms with van der Waals surface area (Å²) in [7, 11) is 0. The van der Waals surface area contributed by atoms with Crippen LogP contribution in [0.25, 0.3) is 67.3 Å². The molecule has 1 aliphatic carbocycles. The molecule has 3 heteroatoms. The van der Waals surface area contributed by atoms with E-state index < -0.39 is 5.41 Å². The summed E-state index contributed by atoms with van der Waals surface area (Å²) in [5.74, 6) is 0.679. The molecule has 3 nitrogen and oxygen atoms in total. The summed E-state index contributed by atoms with van der Waals surface area (Å²) in [4.78, 5) is 10.5. The minimum absolute atomic E-state index is 0.631. The molecule has 1 heterocycles. The van der Waals surface area contributed by atoms with Crippen LogP contribution < -0.4 is 0 Å². The normalized spacial score (nSPS) is 12.3. The number of benzene rings is 8. The molecule has 266 valence electrons. The smallest absolute Gasteiger partial charge is 0.160 e. The van der Waals surface area contributed by atoms with Gasteiger partial charge in [0.25, 0.3) is 0 Å². The van der Waals surface area contributed by atoms with Crippen molar-refractivity contribution in [3.8, 4) is 73.4 Å². The lowest BCUT2D eigenvalue weighted by molar-refractivity contribution is 0.769. The van der Waals surface area contributed by atoms with E-state index in [1.54, 1.807) is 0 Å². The molecule has 0 fully saturated rings. The summed E-state index contributed by atoms with van der Waals surface area (Å²) in [6, 6.07) is 76.9. The van der Waals surface area contributed by atoms with E-state index in [2.05, 4.69) is 176 Å². The van der Waals surface area contributed by atoms with Crippen LogP contribution >= 0.6 is 0 Å². The Labute approximate surface area is 332 Å². The van der Waals surface area contributed by atoms with Gasteiger partial charge in [0, 0.05) is 16.7 Å². The molecule has 0 N–H and O–H groups in total. The summed E-state index contributed by atoms with van der Waals surface area (Å²) >= 11 is 0. The first kappa shape index (κ1) is 33.9. The van der Waals surface area contributed by atoms with Crippen molar-refractivity contribution in [1.29, 1.82) is 5.26 Å². The molecule has 10 rings (SSSR count). The number of nitrogens with zero attached hydrogens (tertiary/aromatic N) is 3. The van der Waals surface area contributed by atoms with Crippen LogP contribution in [0.15, 0.2) is 212 Å². The first-order chi connectivity index (χ1) is 28.2. The summed E-state index contributed by atoms with van der Waals surface area (Å²) in [6.07, 6.45) is 0. The fraction of sp³-hybridized carbons (Fsp3) is 0.0185. The van der Waals surface area contributed by atoms with Crippen LogP contribution in [0.5, 0.6) is 0 Å². The molecular formula is C54H35N3. The molecule has 0 saturated heterocycles. The number of fused-ring (bicyclic) bond motifs is 3. The molecule has 0 aliphatic heterocycles. The highest BCUT2D eigenvalue weighted by atomic mass is 14.9. The second kappa shape index (κ2) is 14.2. The predicted octanol–water partition coefficient (Wildman–Crippen LogP) is 13.0. The van der Waals surface area contributed by atoms with E-state index in [-0.39, 0.29) is 0 Å². The zero-order valence-corrected chi connectivity index (χ0v) is 31.0. The summed E-state index contributed by atoms with van der Waals surface area (Å²) in [6.45, 7) is 0. The first-order valence-corrected chi connectivity index (χ1v) is 19.2. The number of nitriles is 1. The highest BCUT2D eigenvalue weighted by Gasteiger charge is 2.46. The fourth-order valence-corrected chi connectivity index (χ4v) is 8.54. The Morgan fingerprint density at radius 2 is 0.789 bits per heavy atom. The van der Waals surface area contributed by atoms with E-state index in [1.165, 1.54) is 33.4 Å². The standard InChI is InChI=1S/C54H35N3/c55-36-37-15-13-20-40(31-37)42-27-29-47-48-30-28-44(34-50(48)54(49(47)33-42,45-23-9-3-10-24-45)46-25-11-4-12-26-46)52-35-51(56-53(57-52)39-18-7-2-8-19-39)43-22-14-21-41(32-43)38-16-5-1-6-17-38/h1-35H. The Morgan fingerprint density at radius 1 is 0.351 bits per heavy atom. The fourth-order valence-electron chi connectivity index (χ4n) is 8.54. The minimum atomic E-state index is -0.631. The largest absolute Gasteiger partial charge is 0.228 e. The molecule has 57 heavy (non-hydrogen) atoms. The number of hydrogen-bond donors (Lipinski definition) is 0. The number of hydrogen-bond acceptors (Lipinski definition) is 3. The van der Waals surface area contributed by atoms with Crippen molar-refractivity contribution in [3.05, 3.63) is 240 Å². The Bertz CT molecular complexity index is 2910. The third-order valence-electron chi connectivity index (χ3n) is 11.2. The molecular weight excluding hydrogens is 691 g/mol. The highest BCUT2D eigenvalue weighted by molar-refractivity contribution is 5.90. The third-order valence-corrected chi connectivity index (χ3v) is 11.2. The van der Waals surface area contributed by atoms with E-state index in [0.29, 0.717) is 11.4 Å². The summed E-state index contributed by atoms with van der Waals surface area (Å²) in [5.41, 5.74) is 16.3. The zero-order valence-electron chi connectivity index (χ0n) is 31.0. The van der Waals surface area contributed by atoms with Crippen molar-refractivity contribution in [3.63, 3.8) is 0 Å². The second-order valence-electron chi connectivity index (χ2n) is 14.5. The van der Waals surface area contributed by atoms with Crippen molar-refractivity contribution < 1.29 is 0 Å². The first-order valence-electron chi connectivity index (χ1n) is 19.2. The van der Waals surface area contributed by atoms with Gasteiger partial charge in [0.1, 0.15) is 0 Å². The maximum absolute atomic E-state index is 9.75. The Balaban J connectivity index is 1.21. The van der Waals surface area contributed by atoms with Crippen LogP contribution in [-0.2, 0) is 5.41 Å². The Hall–Kier alpha value is -7.67. The van der Waals surface area contributed by atoms with E-state index in [0.717, 1.165) is 50.3 Å². The summed E-state index contributed by atoms with van der Waals surface area (Å²) in [5, 5.41) is 9.75. The molecule has 0 saturated carbocycles. The SMILES string of the molecule is N#Cc1cccc(-c2ccc3c(c2)C(c2ccccc2)(c2ccccc2)c2cc(-c4cc(-c5cccc(-c6ccccc6)c5)nc(-c5ccccc5)n4)ccc2-3)c1. The quantitative estimate of drug-likeness (QED) is 0.164. The van der Waals surface area contributed by atoms with Gasteiger partial charge in [0.2, 0.25) is 0 Å². The summed E-state index contributed by atoms with van der Waals surface area (Å²) < 4.78 is 0. The van der Waals surface area contributed by atoms with E-state index in [1.807, 2.05) is 42.5 Å². The zero-order chi connectivity index (χ0) is 38.2. The van der Waals surface area contributed by atoms with Gasteiger partial charge in [-0.05, 0) is 92.0 Å². The molecule has 0 spiro atoms. The van der Waals surface area contributed by atoms with Crippen LogP contribution in [0.4, 0.5) is 0 Å². The lowest BCUT2D eigenvalue weighted by Crippen LogP contribution is -2.28. The third kappa shape index (κ3) is 5.92. The minimum Gasteiger partial charge on any atom is -0.228 e. The van der Waals surface area contributed by atoms with E-state index in [4.69, 9.17) is 9.97 Å². The van der Waals surface area contributed by atoms with Crippen molar-refractivity contribution in [2.45, 2.75) is 5.41 Å². The van der Waals surface area contributed by atoms with Crippen molar-refractivity contribution >= 4 is 0 Å². The average Bonchev–Trinajstić information content (AvgIpc) is 3.60. The lowest BCUT2D eigenvalue weighted by atomic mass is 9.67. The van der Waals surface area contributed by atoms with Crippen LogP contribution in [0.2, 0.25) is 0 Å². The van der Waals surface area contributed by atoms with Crippen LogP contribution in [0, 0.1) is 11.3 Å². The lowest BCUT2D eigenvalue weighted by Gasteiger charge is -2.34. The Kier molecular flexibility index (Phi) is 8.43. The molecule has 0 radical (unpaired) electrons. The molecule has 1 aliphatic rings. The topological polar surface area (TPSA) is 49.6 Å². The average molecular weight is 726 g/mol. The highest BCUT2D eigenvalue weighted by Crippen LogP contribution is 2.57. The molecule has 0 atom stereocenters. The van der Waals surface area contributed by atoms with Crippen molar-refractivity contribution in [2.75, 3.05) is 0 Å². The number of rotatable bonds is 7. The van der Waals surface area contributed by atoms with Gasteiger partial charge in [-0.3, -0.25) is 0 Å². The van der Waals surface area contributed by atoms with Crippen LogP contribution in [0.1, 0.15) is 27.8 Å². The number of aromatic nitrogens is 2. The van der Waals surface area contributed by atoms with Crippen LogP contribution in [-0.4, -0.2) is 9.97 Å². The van der Waals surface area contributed by atoms with Gasteiger partial charge in [-0.25, -0.2) is 9.97 Å². The molecule has 1 aromatic heterocycles. The molecule has 9 aromatic rings. The van der Waals surface area contributed by atoms with Crippen LogP contribution in [0.3, 0.4) is 0 Å². The maximum atomic E-state index is 9.75. The van der Waals surface area contributed by atoms with Gasteiger partial charge in [-0.2, -0.15) is 5.26 Å². The van der Waals surface area contributed by atoms with E-state index >= 15 is 0 Å². The molecule has 0 unspecified atom stereocenters. The molecule has 0 bridgehead atoms. The Morgan fingerprint density at radius 3 is 1.39 bits per heavy atom. The van der Waals surface area contributed by atoms with Crippen molar-refractivity contribution in [1.82, 2.24) is 9.97 Å². The van der Waals surface area contributed by atoms with Gasteiger partial charge >= 0.3 is 0 Å². The monoisotopic (exact) mass is 725 g/mol. The second-order valence-corrected chi connectivity index (χ2v) is 14.5. The van der Waals surface area contributed by atoms with E-state index in [9.17, 15) is 5.26 Å². The van der Waals surface area contributed by atoms with Gasteiger partial charge in [0.05, 0.1) is 28.4 Å². The predicted molar refractivity (Wildman–Crippen MR) is 231 cm³/mol. The van der Waals surface area contributed by atoms with Gasteiger partial charge in [-0.15, -0.1) is 0 Å². The van der Waals surface area contributed by atoms with Gasteiger partial charge in [0.15, 0.2) is 5.82 Å². The molecule has 0 amide bonds. The molecule has 8 aromatic carbocycles. The maximum Gasteiger partial charge on any atom is 0.160 e. The van der Waals surface area contributed by atoms with Crippen molar-refractivity contribution in [2.24, 2.45) is 0 Å². The van der Waals surface area contributed by atoms with Gasteiger partial charge < -0.3 is 0 Å². The van der Waals surface area contributed by atoms with Gasteiger partial charge in [-0.1, -0.05) is 176 Å².